The first-order valence-corrected chi connectivity index (χ1v) is 7.93. The second kappa shape index (κ2) is 6.27. The molecule has 0 aromatic carbocycles. The fraction of sp³-hybridized carbons (Fsp3) is 1.00. The summed E-state index contributed by atoms with van der Waals surface area (Å²) in [6.07, 6.45) is 5.63. The van der Waals surface area contributed by atoms with Crippen molar-refractivity contribution < 1.29 is 0 Å². The first-order valence-electron chi connectivity index (χ1n) is 6.88. The van der Waals surface area contributed by atoms with Crippen LogP contribution in [0.3, 0.4) is 0 Å². The maximum atomic E-state index is 3.60. The van der Waals surface area contributed by atoms with Crippen LogP contribution in [0.5, 0.6) is 0 Å². The average molecular weight is 242 g/mol. The van der Waals surface area contributed by atoms with E-state index in [0.29, 0.717) is 6.04 Å². The minimum Gasteiger partial charge on any atom is -0.311 e. The average Bonchev–Trinajstić information content (AvgIpc) is 2.31. The molecule has 0 aromatic heterocycles. The van der Waals surface area contributed by atoms with Crippen molar-refractivity contribution in [3.63, 3.8) is 0 Å². The molecule has 0 radical (unpaired) electrons. The van der Waals surface area contributed by atoms with E-state index in [1.165, 1.54) is 51.1 Å². The van der Waals surface area contributed by atoms with E-state index in [4.69, 9.17) is 0 Å². The number of hydrogen-bond donors (Lipinski definition) is 1. The molecule has 0 amide bonds. The van der Waals surface area contributed by atoms with Crippen LogP contribution in [-0.2, 0) is 0 Å². The standard InChI is InChI=1S/C13H26N2S/c1-3-12-8-14-11(2)9-15(12)10-13-6-4-5-7-16-13/h11-14H,3-10H2,1-2H3. The Hall–Kier alpha value is 0.270. The van der Waals surface area contributed by atoms with Crippen LogP contribution in [0.4, 0.5) is 0 Å². The largest absolute Gasteiger partial charge is 0.311 e. The second-order valence-corrected chi connectivity index (χ2v) is 6.72. The Bertz CT molecular complexity index is 204. The highest BCUT2D eigenvalue weighted by Gasteiger charge is 2.27. The van der Waals surface area contributed by atoms with Crippen LogP contribution in [0.1, 0.15) is 39.5 Å². The summed E-state index contributed by atoms with van der Waals surface area (Å²) >= 11 is 2.21. The Morgan fingerprint density at radius 3 is 2.94 bits per heavy atom. The minimum absolute atomic E-state index is 0.677. The van der Waals surface area contributed by atoms with E-state index in [1.807, 2.05) is 0 Å². The van der Waals surface area contributed by atoms with Crippen molar-refractivity contribution in [1.29, 1.82) is 0 Å². The van der Waals surface area contributed by atoms with Gasteiger partial charge in [-0.25, -0.2) is 0 Å². The molecule has 3 heteroatoms. The van der Waals surface area contributed by atoms with Crippen LogP contribution >= 0.6 is 11.8 Å². The van der Waals surface area contributed by atoms with Gasteiger partial charge in [-0.2, -0.15) is 11.8 Å². The van der Waals surface area contributed by atoms with Gasteiger partial charge in [0.1, 0.15) is 0 Å². The summed E-state index contributed by atoms with van der Waals surface area (Å²) < 4.78 is 0. The van der Waals surface area contributed by atoms with Crippen molar-refractivity contribution in [1.82, 2.24) is 10.2 Å². The van der Waals surface area contributed by atoms with Crippen molar-refractivity contribution >= 4 is 11.8 Å². The van der Waals surface area contributed by atoms with Gasteiger partial charge in [0.15, 0.2) is 0 Å². The molecule has 2 aliphatic rings. The molecular formula is C13H26N2S. The quantitative estimate of drug-likeness (QED) is 0.818. The van der Waals surface area contributed by atoms with Crippen molar-refractivity contribution in [2.75, 3.05) is 25.4 Å². The zero-order valence-electron chi connectivity index (χ0n) is 10.7. The van der Waals surface area contributed by atoms with Gasteiger partial charge >= 0.3 is 0 Å². The Morgan fingerprint density at radius 1 is 1.38 bits per heavy atom. The summed E-state index contributed by atoms with van der Waals surface area (Å²) in [4.78, 5) is 2.74. The number of piperazine rings is 1. The maximum Gasteiger partial charge on any atom is 0.0219 e. The number of nitrogens with one attached hydrogen (secondary N) is 1. The molecule has 2 aliphatic heterocycles. The molecule has 0 saturated carbocycles. The summed E-state index contributed by atoms with van der Waals surface area (Å²) in [5, 5.41) is 4.51. The smallest absolute Gasteiger partial charge is 0.0219 e. The molecule has 2 fully saturated rings. The predicted molar refractivity (Wildman–Crippen MR) is 73.2 cm³/mol. The van der Waals surface area contributed by atoms with E-state index in [0.717, 1.165) is 11.3 Å². The molecule has 1 N–H and O–H groups in total. The lowest BCUT2D eigenvalue weighted by atomic mass is 10.1. The van der Waals surface area contributed by atoms with Gasteiger partial charge in [-0.1, -0.05) is 13.3 Å². The van der Waals surface area contributed by atoms with Gasteiger partial charge < -0.3 is 5.32 Å². The van der Waals surface area contributed by atoms with Crippen LogP contribution in [0.25, 0.3) is 0 Å². The fourth-order valence-corrected chi connectivity index (χ4v) is 4.21. The lowest BCUT2D eigenvalue weighted by Crippen LogP contribution is -2.56. The molecule has 2 nitrogen and oxygen atoms in total. The molecule has 2 rings (SSSR count). The van der Waals surface area contributed by atoms with Gasteiger partial charge in [-0.05, 0) is 31.9 Å². The number of rotatable bonds is 3. The molecular weight excluding hydrogens is 216 g/mol. The van der Waals surface area contributed by atoms with Crippen LogP contribution < -0.4 is 5.32 Å². The normalized spacial score (nSPS) is 37.5. The third-order valence-corrected chi connectivity index (χ3v) is 5.29. The first kappa shape index (κ1) is 12.7. The molecule has 0 aromatic rings. The predicted octanol–water partition coefficient (Wildman–Crippen LogP) is 2.34. The van der Waals surface area contributed by atoms with Gasteiger partial charge in [0.25, 0.3) is 0 Å². The number of hydrogen-bond acceptors (Lipinski definition) is 3. The lowest BCUT2D eigenvalue weighted by Gasteiger charge is -2.41. The van der Waals surface area contributed by atoms with Crippen LogP contribution in [0.2, 0.25) is 0 Å². The van der Waals surface area contributed by atoms with Crippen LogP contribution in [0.15, 0.2) is 0 Å². The van der Waals surface area contributed by atoms with Gasteiger partial charge in [0, 0.05) is 37.0 Å². The monoisotopic (exact) mass is 242 g/mol. The van der Waals surface area contributed by atoms with E-state index in [2.05, 4.69) is 35.8 Å². The van der Waals surface area contributed by atoms with E-state index in [-0.39, 0.29) is 0 Å². The van der Waals surface area contributed by atoms with Crippen molar-refractivity contribution in [3.05, 3.63) is 0 Å². The maximum absolute atomic E-state index is 3.60. The second-order valence-electron chi connectivity index (χ2n) is 5.31. The van der Waals surface area contributed by atoms with Crippen molar-refractivity contribution in [2.45, 2.75) is 56.9 Å². The molecule has 3 unspecified atom stereocenters. The van der Waals surface area contributed by atoms with Gasteiger partial charge in [0.2, 0.25) is 0 Å². The summed E-state index contributed by atoms with van der Waals surface area (Å²) in [7, 11) is 0. The highest BCUT2D eigenvalue weighted by Crippen LogP contribution is 2.27. The SMILES string of the molecule is CCC1CNC(C)CN1CC1CCCCS1. The summed E-state index contributed by atoms with van der Waals surface area (Å²) in [5.41, 5.74) is 0. The molecule has 0 spiro atoms. The highest BCUT2D eigenvalue weighted by molar-refractivity contribution is 7.99. The Kier molecular flexibility index (Phi) is 4.98. The number of nitrogens with zero attached hydrogens (tertiary/aromatic N) is 1. The Labute approximate surface area is 105 Å². The van der Waals surface area contributed by atoms with Crippen molar-refractivity contribution in [3.8, 4) is 0 Å². The molecule has 3 atom stereocenters. The lowest BCUT2D eigenvalue weighted by molar-refractivity contribution is 0.131. The minimum atomic E-state index is 0.677. The summed E-state index contributed by atoms with van der Waals surface area (Å²) in [6, 6.07) is 1.45. The van der Waals surface area contributed by atoms with Gasteiger partial charge in [-0.3, -0.25) is 4.90 Å². The van der Waals surface area contributed by atoms with Crippen LogP contribution in [0, 0.1) is 0 Å². The Morgan fingerprint density at radius 2 is 2.25 bits per heavy atom. The van der Waals surface area contributed by atoms with E-state index < -0.39 is 0 Å². The van der Waals surface area contributed by atoms with E-state index >= 15 is 0 Å². The molecule has 16 heavy (non-hydrogen) atoms. The molecule has 2 saturated heterocycles. The third-order valence-electron chi connectivity index (χ3n) is 3.91. The summed E-state index contributed by atoms with van der Waals surface area (Å²) in [6.45, 7) is 8.40. The fourth-order valence-electron chi connectivity index (χ4n) is 2.87. The molecule has 2 heterocycles. The topological polar surface area (TPSA) is 15.3 Å². The third kappa shape index (κ3) is 3.38. The Balaban J connectivity index is 1.84. The molecule has 0 bridgehead atoms. The molecule has 0 aliphatic carbocycles. The summed E-state index contributed by atoms with van der Waals surface area (Å²) in [5.74, 6) is 1.39. The van der Waals surface area contributed by atoms with E-state index in [1.54, 1.807) is 0 Å². The zero-order chi connectivity index (χ0) is 11.4. The molecule has 94 valence electrons. The number of thioether (sulfide) groups is 1. The van der Waals surface area contributed by atoms with E-state index in [9.17, 15) is 0 Å². The first-order chi connectivity index (χ1) is 7.79. The van der Waals surface area contributed by atoms with Gasteiger partial charge in [-0.15, -0.1) is 0 Å². The van der Waals surface area contributed by atoms with Gasteiger partial charge in [0.05, 0.1) is 0 Å². The zero-order valence-corrected chi connectivity index (χ0v) is 11.6. The van der Waals surface area contributed by atoms with Crippen molar-refractivity contribution in [2.24, 2.45) is 0 Å². The highest BCUT2D eigenvalue weighted by atomic mass is 32.2. The van der Waals surface area contributed by atoms with Crippen LogP contribution in [-0.4, -0.2) is 47.6 Å².